The third-order valence-corrected chi connectivity index (χ3v) is 3.07. The Labute approximate surface area is 114 Å². The molecule has 1 aromatic heterocycles. The quantitative estimate of drug-likeness (QED) is 0.768. The second-order valence-corrected chi connectivity index (χ2v) is 4.48. The maximum Gasteiger partial charge on any atom is 0.251 e. The lowest BCUT2D eigenvalue weighted by Crippen LogP contribution is -2.22. The first-order valence-corrected chi connectivity index (χ1v) is 6.18. The average Bonchev–Trinajstić information content (AvgIpc) is 2.93. The fourth-order valence-electron chi connectivity index (χ4n) is 1.97. The molecule has 100 valence electrons. The van der Waals surface area contributed by atoms with Gasteiger partial charge in [0.25, 0.3) is 5.91 Å². The molecule has 1 heterocycles. The van der Waals surface area contributed by atoms with Crippen LogP contribution in [-0.2, 0) is 6.54 Å². The summed E-state index contributed by atoms with van der Waals surface area (Å²) in [5.41, 5.74) is 2.31. The molecule has 0 saturated carbocycles. The molecule has 0 spiro atoms. The zero-order chi connectivity index (χ0) is 13.9. The van der Waals surface area contributed by atoms with Crippen molar-refractivity contribution in [1.82, 2.24) is 15.5 Å². The monoisotopic (exact) mass is 269 g/mol. The number of aromatic nitrogens is 2. The highest BCUT2D eigenvalue weighted by Crippen LogP contribution is 2.13. The van der Waals surface area contributed by atoms with Crippen molar-refractivity contribution < 1.29 is 9.18 Å². The SMILES string of the molecule is O=C(NCc1ccc(F)cc1)c1ccc2[nH]ncc2c1. The Balaban J connectivity index is 1.70. The van der Waals surface area contributed by atoms with E-state index in [-0.39, 0.29) is 11.7 Å². The Morgan fingerprint density at radius 2 is 2.00 bits per heavy atom. The first kappa shape index (κ1) is 12.3. The number of hydrogen-bond donors (Lipinski definition) is 2. The lowest BCUT2D eigenvalue weighted by molar-refractivity contribution is 0.0951. The van der Waals surface area contributed by atoms with Crippen LogP contribution in [0, 0.1) is 5.82 Å². The molecule has 3 aromatic rings. The van der Waals surface area contributed by atoms with Gasteiger partial charge in [0, 0.05) is 17.5 Å². The molecule has 2 aromatic carbocycles. The van der Waals surface area contributed by atoms with Gasteiger partial charge in [-0.15, -0.1) is 0 Å². The van der Waals surface area contributed by atoms with Crippen LogP contribution in [0.3, 0.4) is 0 Å². The number of nitrogens with one attached hydrogen (secondary N) is 2. The molecule has 0 bridgehead atoms. The molecule has 0 aliphatic rings. The van der Waals surface area contributed by atoms with E-state index in [0.29, 0.717) is 12.1 Å². The van der Waals surface area contributed by atoms with Gasteiger partial charge in [0.15, 0.2) is 0 Å². The Hall–Kier alpha value is -2.69. The summed E-state index contributed by atoms with van der Waals surface area (Å²) in [6, 6.07) is 11.4. The van der Waals surface area contributed by atoms with E-state index in [9.17, 15) is 9.18 Å². The Kier molecular flexibility index (Phi) is 3.16. The number of aromatic amines is 1. The van der Waals surface area contributed by atoms with Crippen molar-refractivity contribution in [2.75, 3.05) is 0 Å². The minimum Gasteiger partial charge on any atom is -0.348 e. The molecule has 0 fully saturated rings. The van der Waals surface area contributed by atoms with Crippen LogP contribution in [0.15, 0.2) is 48.7 Å². The summed E-state index contributed by atoms with van der Waals surface area (Å²) in [5.74, 6) is -0.456. The number of benzene rings is 2. The molecule has 5 heteroatoms. The van der Waals surface area contributed by atoms with Gasteiger partial charge in [0.1, 0.15) is 5.82 Å². The number of hydrogen-bond acceptors (Lipinski definition) is 2. The van der Waals surface area contributed by atoms with Crippen LogP contribution in [0.4, 0.5) is 4.39 Å². The van der Waals surface area contributed by atoms with Gasteiger partial charge < -0.3 is 5.32 Å². The van der Waals surface area contributed by atoms with Crippen LogP contribution in [-0.4, -0.2) is 16.1 Å². The number of halogens is 1. The lowest BCUT2D eigenvalue weighted by Gasteiger charge is -2.05. The summed E-state index contributed by atoms with van der Waals surface area (Å²) in [7, 11) is 0. The van der Waals surface area contributed by atoms with Crippen molar-refractivity contribution in [3.8, 4) is 0 Å². The fraction of sp³-hybridized carbons (Fsp3) is 0.0667. The summed E-state index contributed by atoms with van der Waals surface area (Å²) in [5, 5.41) is 10.4. The van der Waals surface area contributed by atoms with Crippen molar-refractivity contribution in [2.45, 2.75) is 6.54 Å². The Morgan fingerprint density at radius 3 is 2.80 bits per heavy atom. The van der Waals surface area contributed by atoms with Crippen molar-refractivity contribution in [2.24, 2.45) is 0 Å². The summed E-state index contributed by atoms with van der Waals surface area (Å²) in [6.07, 6.45) is 1.67. The summed E-state index contributed by atoms with van der Waals surface area (Å²) >= 11 is 0. The molecule has 0 aliphatic carbocycles. The predicted molar refractivity (Wildman–Crippen MR) is 73.7 cm³/mol. The molecule has 4 nitrogen and oxygen atoms in total. The van der Waals surface area contributed by atoms with Crippen LogP contribution < -0.4 is 5.32 Å². The number of amides is 1. The number of nitrogens with zero attached hydrogens (tertiary/aromatic N) is 1. The van der Waals surface area contributed by atoms with Crippen molar-refractivity contribution >= 4 is 16.8 Å². The van der Waals surface area contributed by atoms with Gasteiger partial charge in [-0.25, -0.2) is 4.39 Å². The van der Waals surface area contributed by atoms with Crippen LogP contribution in [0.1, 0.15) is 15.9 Å². The third-order valence-electron chi connectivity index (χ3n) is 3.07. The molecule has 0 atom stereocenters. The number of H-pyrrole nitrogens is 1. The largest absolute Gasteiger partial charge is 0.348 e. The standard InChI is InChI=1S/C15H12FN3O/c16-13-4-1-10(2-5-13)8-17-15(20)11-3-6-14-12(7-11)9-18-19-14/h1-7,9H,8H2,(H,17,20)(H,18,19). The minimum atomic E-state index is -0.287. The smallest absolute Gasteiger partial charge is 0.251 e. The molecule has 20 heavy (non-hydrogen) atoms. The lowest BCUT2D eigenvalue weighted by atomic mass is 10.1. The highest BCUT2D eigenvalue weighted by atomic mass is 19.1. The molecular formula is C15H12FN3O. The normalized spacial score (nSPS) is 10.7. The van der Waals surface area contributed by atoms with Crippen LogP contribution in [0.5, 0.6) is 0 Å². The Bertz CT molecular complexity index is 749. The molecule has 0 saturated heterocycles. The second-order valence-electron chi connectivity index (χ2n) is 4.48. The van der Waals surface area contributed by atoms with Crippen LogP contribution >= 0.6 is 0 Å². The van der Waals surface area contributed by atoms with E-state index in [2.05, 4.69) is 15.5 Å². The summed E-state index contributed by atoms with van der Waals surface area (Å²) in [4.78, 5) is 12.0. The van der Waals surface area contributed by atoms with E-state index in [1.165, 1.54) is 12.1 Å². The van der Waals surface area contributed by atoms with Gasteiger partial charge in [0.2, 0.25) is 0 Å². The van der Waals surface area contributed by atoms with E-state index >= 15 is 0 Å². The van der Waals surface area contributed by atoms with Crippen molar-refractivity contribution in [1.29, 1.82) is 0 Å². The Morgan fingerprint density at radius 1 is 1.20 bits per heavy atom. The van der Waals surface area contributed by atoms with Gasteiger partial charge in [-0.1, -0.05) is 12.1 Å². The molecule has 0 aliphatic heterocycles. The third kappa shape index (κ3) is 2.51. The van der Waals surface area contributed by atoms with E-state index in [1.54, 1.807) is 30.5 Å². The topological polar surface area (TPSA) is 57.8 Å². The first-order valence-electron chi connectivity index (χ1n) is 6.18. The highest BCUT2D eigenvalue weighted by molar-refractivity contribution is 5.97. The van der Waals surface area contributed by atoms with E-state index in [0.717, 1.165) is 16.5 Å². The van der Waals surface area contributed by atoms with Gasteiger partial charge in [-0.05, 0) is 35.9 Å². The van der Waals surface area contributed by atoms with Crippen LogP contribution in [0.2, 0.25) is 0 Å². The van der Waals surface area contributed by atoms with E-state index in [1.807, 2.05) is 6.07 Å². The fourth-order valence-corrected chi connectivity index (χ4v) is 1.97. The van der Waals surface area contributed by atoms with Gasteiger partial charge in [-0.2, -0.15) is 5.10 Å². The number of carbonyl (C=O) groups is 1. The predicted octanol–water partition coefficient (Wildman–Crippen LogP) is 2.63. The zero-order valence-corrected chi connectivity index (χ0v) is 10.6. The second kappa shape index (κ2) is 5.13. The van der Waals surface area contributed by atoms with Gasteiger partial charge in [-0.3, -0.25) is 9.89 Å². The molecule has 0 radical (unpaired) electrons. The molecule has 2 N–H and O–H groups in total. The van der Waals surface area contributed by atoms with Crippen molar-refractivity contribution in [3.05, 3.63) is 65.6 Å². The zero-order valence-electron chi connectivity index (χ0n) is 10.6. The average molecular weight is 269 g/mol. The summed E-state index contributed by atoms with van der Waals surface area (Å²) in [6.45, 7) is 0.364. The van der Waals surface area contributed by atoms with Crippen LogP contribution in [0.25, 0.3) is 10.9 Å². The molecule has 0 unspecified atom stereocenters. The van der Waals surface area contributed by atoms with E-state index < -0.39 is 0 Å². The molecular weight excluding hydrogens is 257 g/mol. The van der Waals surface area contributed by atoms with Gasteiger partial charge in [0.05, 0.1) is 11.7 Å². The number of fused-ring (bicyclic) bond motifs is 1. The first-order chi connectivity index (χ1) is 9.72. The number of carbonyl (C=O) groups excluding carboxylic acids is 1. The molecule has 1 amide bonds. The maximum absolute atomic E-state index is 12.8. The molecule has 3 rings (SSSR count). The minimum absolute atomic E-state index is 0.169. The van der Waals surface area contributed by atoms with E-state index in [4.69, 9.17) is 0 Å². The summed E-state index contributed by atoms with van der Waals surface area (Å²) < 4.78 is 12.8. The van der Waals surface area contributed by atoms with Crippen molar-refractivity contribution in [3.63, 3.8) is 0 Å². The number of rotatable bonds is 3. The van der Waals surface area contributed by atoms with Gasteiger partial charge >= 0.3 is 0 Å². The maximum atomic E-state index is 12.8. The highest BCUT2D eigenvalue weighted by Gasteiger charge is 2.07.